The van der Waals surface area contributed by atoms with Crippen molar-refractivity contribution in [1.82, 2.24) is 0 Å². The number of carboxylic acid groups (broad SMARTS) is 1. The predicted molar refractivity (Wildman–Crippen MR) is 46.5 cm³/mol. The first-order chi connectivity index (χ1) is 6.27. The molecule has 7 N–H and O–H groups in total. The Bertz CT molecular complexity index is 219. The molecule has 14 heteroatoms. The molecule has 0 unspecified atom stereocenters. The molecule has 0 saturated heterocycles. The molecule has 0 radical (unpaired) electrons. The average Bonchev–Trinajstić information content (AvgIpc) is 1.79. The topological polar surface area (TPSA) is 224 Å². The smallest absolute Gasteiger partial charge is 0.756 e. The first-order valence-corrected chi connectivity index (χ1v) is 5.78. The van der Waals surface area contributed by atoms with E-state index in [9.17, 15) is 4.79 Å². The molecular weight excluding hydrogens is 284 g/mol. The summed E-state index contributed by atoms with van der Waals surface area (Å²) >= 11 is 0. The first kappa shape index (κ1) is 25.3. The second-order valence-electron chi connectivity index (χ2n) is 1.58. The molecule has 94 valence electrons. The van der Waals surface area contributed by atoms with Crippen LogP contribution < -0.4 is 15.5 Å². The summed E-state index contributed by atoms with van der Waals surface area (Å²) in [7, 11) is -9.78. The minimum Gasteiger partial charge on any atom is -0.756 e. The maximum absolute atomic E-state index is 9.24. The van der Waals surface area contributed by atoms with E-state index in [4.69, 9.17) is 43.6 Å². The van der Waals surface area contributed by atoms with Gasteiger partial charge in [0.2, 0.25) is 0 Å². The Kier molecular flexibility index (Phi) is 18.8. The van der Waals surface area contributed by atoms with Crippen LogP contribution in [0, 0.1) is 0 Å². The molecule has 0 amide bonds. The average molecular weight is 293 g/mol. The fourth-order valence-corrected chi connectivity index (χ4v) is 0. The number of rotatable bonds is 1. The van der Waals surface area contributed by atoms with E-state index < -0.39 is 21.6 Å². The molecule has 0 aromatic heterocycles. The van der Waals surface area contributed by atoms with Crippen molar-refractivity contribution >= 4 is 44.7 Å². The molecule has 0 atom stereocenters. The van der Waals surface area contributed by atoms with Crippen molar-refractivity contribution < 1.29 is 48.4 Å². The van der Waals surface area contributed by atoms with Gasteiger partial charge in [0.25, 0.3) is 15.6 Å². The molecule has 0 fully saturated rings. The van der Waals surface area contributed by atoms with E-state index in [1.165, 1.54) is 0 Å². The van der Waals surface area contributed by atoms with Gasteiger partial charge in [0, 0.05) is 0 Å². The van der Waals surface area contributed by atoms with Crippen molar-refractivity contribution in [2.75, 3.05) is 6.54 Å². The van der Waals surface area contributed by atoms with Crippen LogP contribution in [0.15, 0.2) is 0 Å². The minimum absolute atomic E-state index is 0. The summed E-state index contributed by atoms with van der Waals surface area (Å²) in [4.78, 5) is 55.1. The van der Waals surface area contributed by atoms with E-state index in [2.05, 4.69) is 5.73 Å². The van der Waals surface area contributed by atoms with Crippen LogP contribution in [0.25, 0.3) is 0 Å². The third kappa shape index (κ3) is 444. The first-order valence-electron chi connectivity index (χ1n) is 2.72. The molecule has 11 nitrogen and oxygen atoms in total. The summed E-state index contributed by atoms with van der Waals surface area (Å²) in [6, 6.07) is 0. The molecule has 0 aliphatic rings. The Balaban J connectivity index is -0.0000000655. The van der Waals surface area contributed by atoms with Crippen LogP contribution in [0.4, 0.5) is 0 Å². The van der Waals surface area contributed by atoms with E-state index in [-0.39, 0.29) is 29.6 Å². The SMILES string of the molecule is NCC(=O)O.O=P([O-])(O)O.O=P([O-])(O)O.[Mg+2]. The van der Waals surface area contributed by atoms with Crippen LogP contribution in [0.5, 0.6) is 0 Å². The Morgan fingerprint density at radius 2 is 1.12 bits per heavy atom. The number of phosphoric acid groups is 2. The third-order valence-electron chi connectivity index (χ3n) is 0.175. The zero-order valence-corrected chi connectivity index (χ0v) is 10.9. The van der Waals surface area contributed by atoms with Gasteiger partial charge < -0.3 is 40.2 Å². The summed E-state index contributed by atoms with van der Waals surface area (Å²) in [6.07, 6.45) is 0. The van der Waals surface area contributed by atoms with Gasteiger partial charge in [-0.1, -0.05) is 0 Å². The minimum atomic E-state index is -4.89. The summed E-state index contributed by atoms with van der Waals surface area (Å²) in [5, 5.41) is 7.60. The molecule has 16 heavy (non-hydrogen) atoms. The van der Waals surface area contributed by atoms with E-state index in [1.807, 2.05) is 0 Å². The quantitative estimate of drug-likeness (QED) is 0.199. The van der Waals surface area contributed by atoms with Gasteiger partial charge in [0.1, 0.15) is 0 Å². The maximum atomic E-state index is 9.24. The Morgan fingerprint density at radius 3 is 1.12 bits per heavy atom. The van der Waals surface area contributed by atoms with Crippen LogP contribution in [-0.2, 0) is 13.9 Å². The van der Waals surface area contributed by atoms with Gasteiger partial charge in [0.05, 0.1) is 6.54 Å². The predicted octanol–water partition coefficient (Wildman–Crippen LogP) is -4.47. The van der Waals surface area contributed by atoms with Crippen molar-refractivity contribution in [3.63, 3.8) is 0 Å². The van der Waals surface area contributed by atoms with Crippen molar-refractivity contribution in [3.05, 3.63) is 0 Å². The molecule has 0 aromatic carbocycles. The van der Waals surface area contributed by atoms with Gasteiger partial charge in [-0.2, -0.15) is 0 Å². The number of hydrogen-bond acceptors (Lipinski definition) is 6. The van der Waals surface area contributed by atoms with Gasteiger partial charge >= 0.3 is 29.0 Å². The van der Waals surface area contributed by atoms with Crippen LogP contribution in [0.2, 0.25) is 0 Å². The van der Waals surface area contributed by atoms with Crippen LogP contribution in [-0.4, -0.2) is 60.2 Å². The fraction of sp³-hybridized carbons (Fsp3) is 0.500. The summed E-state index contributed by atoms with van der Waals surface area (Å²) in [6.45, 7) is -0.278. The zero-order chi connectivity index (χ0) is 13.3. The monoisotopic (exact) mass is 293 g/mol. The normalized spacial score (nSPS) is 9.69. The number of nitrogens with two attached hydrogens (primary N) is 1. The molecule has 0 rings (SSSR count). The van der Waals surface area contributed by atoms with Gasteiger partial charge in [-0.3, -0.25) is 13.9 Å². The molecule has 0 spiro atoms. The van der Waals surface area contributed by atoms with E-state index in [1.54, 1.807) is 0 Å². The van der Waals surface area contributed by atoms with Crippen molar-refractivity contribution in [1.29, 1.82) is 0 Å². The largest absolute Gasteiger partial charge is 2.00 e. The van der Waals surface area contributed by atoms with Crippen LogP contribution in [0.1, 0.15) is 0 Å². The second kappa shape index (κ2) is 11.9. The molecule has 0 bridgehead atoms. The van der Waals surface area contributed by atoms with E-state index in [0.29, 0.717) is 0 Å². The van der Waals surface area contributed by atoms with Crippen molar-refractivity contribution in [2.24, 2.45) is 5.73 Å². The molecule has 0 saturated carbocycles. The molecule has 0 aliphatic heterocycles. The molecular formula is C2H9MgNO10P2. The van der Waals surface area contributed by atoms with Crippen LogP contribution in [0.3, 0.4) is 0 Å². The van der Waals surface area contributed by atoms with Gasteiger partial charge in [-0.25, -0.2) is 0 Å². The van der Waals surface area contributed by atoms with Gasteiger partial charge in [-0.15, -0.1) is 0 Å². The standard InChI is InChI=1S/C2H5NO2.Mg.2H3O4P/c3-1-2(4)5;;2*1-5(2,3)4/h1,3H2,(H,4,5);;2*(H3,1,2,3,4)/q;+2;;/p-2. The third-order valence-corrected chi connectivity index (χ3v) is 0.175. The summed E-state index contributed by atoms with van der Waals surface area (Å²) in [5.41, 5.74) is 4.57. The van der Waals surface area contributed by atoms with Gasteiger partial charge in [0.15, 0.2) is 0 Å². The van der Waals surface area contributed by atoms with Crippen molar-refractivity contribution in [3.8, 4) is 0 Å². The number of carbonyl (C=O) groups is 1. The number of hydrogen-bond donors (Lipinski definition) is 6. The molecule has 0 heterocycles. The zero-order valence-electron chi connectivity index (χ0n) is 7.66. The van der Waals surface area contributed by atoms with Crippen LogP contribution >= 0.6 is 15.6 Å². The number of aliphatic carboxylic acids is 1. The van der Waals surface area contributed by atoms with Gasteiger partial charge in [-0.05, 0) is 0 Å². The molecule has 0 aliphatic carbocycles. The molecule has 0 aromatic rings. The second-order valence-corrected chi connectivity index (χ2v) is 3.54. The summed E-state index contributed by atoms with van der Waals surface area (Å²) < 4.78 is 17.5. The Morgan fingerprint density at radius 1 is 1.06 bits per heavy atom. The Hall–Kier alpha value is 0.416. The maximum Gasteiger partial charge on any atom is 2.00 e. The fourth-order valence-electron chi connectivity index (χ4n) is 0. The van der Waals surface area contributed by atoms with E-state index in [0.717, 1.165) is 0 Å². The number of carboxylic acids is 1. The Labute approximate surface area is 106 Å². The summed E-state index contributed by atoms with van der Waals surface area (Å²) in [5.74, 6) is -0.968. The van der Waals surface area contributed by atoms with Crippen molar-refractivity contribution in [2.45, 2.75) is 0 Å². The van der Waals surface area contributed by atoms with E-state index >= 15 is 0 Å².